The Morgan fingerprint density at radius 3 is 2.26 bits per heavy atom. The third-order valence-electron chi connectivity index (χ3n) is 4.85. The van der Waals surface area contributed by atoms with Gasteiger partial charge in [-0.1, -0.05) is 58.9 Å². The van der Waals surface area contributed by atoms with E-state index in [-0.39, 0.29) is 17.3 Å². The smallest absolute Gasteiger partial charge is 0.311 e. The third-order valence-corrected chi connectivity index (χ3v) is 4.85. The normalized spacial score (nSPS) is 13.4. The molecule has 1 aromatic heterocycles. The molecule has 0 bridgehead atoms. The summed E-state index contributed by atoms with van der Waals surface area (Å²) in [7, 11) is 0. The lowest BCUT2D eigenvalue weighted by Gasteiger charge is -2.21. The number of carbonyl (C=O) groups is 1. The molecule has 0 aliphatic carbocycles. The van der Waals surface area contributed by atoms with Gasteiger partial charge in [-0.15, -0.1) is 0 Å². The van der Waals surface area contributed by atoms with Crippen LogP contribution in [0.3, 0.4) is 0 Å². The van der Waals surface area contributed by atoms with Crippen LogP contribution >= 0.6 is 0 Å². The van der Waals surface area contributed by atoms with Crippen LogP contribution in [0.4, 0.5) is 0 Å². The summed E-state index contributed by atoms with van der Waals surface area (Å²) in [6, 6.07) is 12.1. The van der Waals surface area contributed by atoms with Crippen molar-refractivity contribution in [1.82, 2.24) is 9.78 Å². The lowest BCUT2D eigenvalue weighted by Crippen LogP contribution is -2.22. The highest BCUT2D eigenvalue weighted by Gasteiger charge is 2.23. The Morgan fingerprint density at radius 2 is 1.77 bits per heavy atom. The summed E-state index contributed by atoms with van der Waals surface area (Å²) >= 11 is 0. The first-order valence-electron chi connectivity index (χ1n) is 10.6. The number of rotatable bonds is 7. The first kappa shape index (κ1) is 24.2. The fraction of sp³-hybridized carbons (Fsp3) is 0.480. The third kappa shape index (κ3) is 5.97. The summed E-state index contributed by atoms with van der Waals surface area (Å²) in [4.78, 5) is 12.0. The Hall–Kier alpha value is -3.07. The SMILES string of the molecule is CCn1nc(C)cc1/C(OC(C)OC(=O)C(C)C)=C(\C#N)c1ccc(C(C)(C)C)cc1. The second-order valence-corrected chi connectivity index (χ2v) is 8.91. The van der Waals surface area contributed by atoms with Gasteiger partial charge < -0.3 is 9.47 Å². The number of carbonyl (C=O) groups excluding carboxylic acids is 1. The molecule has 0 saturated carbocycles. The highest BCUT2D eigenvalue weighted by atomic mass is 16.7. The van der Waals surface area contributed by atoms with E-state index < -0.39 is 6.29 Å². The molecule has 0 saturated heterocycles. The standard InChI is InChI=1S/C25H33N3O3/c1-9-28-22(14-17(4)27-28)23(30-18(5)31-24(29)16(2)3)21(15-26)19-10-12-20(13-11-19)25(6,7)8/h10-14,16,18H,9H2,1-8H3/b23-21-. The van der Waals surface area contributed by atoms with Crippen molar-refractivity contribution in [3.8, 4) is 6.07 Å². The van der Waals surface area contributed by atoms with E-state index in [1.54, 1.807) is 25.5 Å². The maximum atomic E-state index is 12.0. The lowest BCUT2D eigenvalue weighted by molar-refractivity contribution is -0.167. The predicted molar refractivity (Wildman–Crippen MR) is 122 cm³/mol. The Bertz CT molecular complexity index is 987. The second kappa shape index (κ2) is 9.82. The summed E-state index contributed by atoms with van der Waals surface area (Å²) in [5, 5.41) is 14.6. The topological polar surface area (TPSA) is 77.1 Å². The van der Waals surface area contributed by atoms with Crippen molar-refractivity contribution < 1.29 is 14.3 Å². The number of aromatic nitrogens is 2. The van der Waals surface area contributed by atoms with Crippen LogP contribution in [0.25, 0.3) is 11.3 Å². The number of hydrogen-bond donors (Lipinski definition) is 0. The highest BCUT2D eigenvalue weighted by molar-refractivity contribution is 5.94. The molecule has 1 unspecified atom stereocenters. The Balaban J connectivity index is 2.59. The number of benzene rings is 1. The first-order chi connectivity index (χ1) is 14.5. The summed E-state index contributed by atoms with van der Waals surface area (Å²) in [5.74, 6) is -0.292. The van der Waals surface area contributed by atoms with E-state index in [0.717, 1.165) is 11.3 Å². The van der Waals surface area contributed by atoms with Crippen molar-refractivity contribution in [2.45, 2.75) is 73.6 Å². The number of aryl methyl sites for hydroxylation is 2. The van der Waals surface area contributed by atoms with Crippen molar-refractivity contribution in [2.75, 3.05) is 0 Å². The van der Waals surface area contributed by atoms with E-state index in [9.17, 15) is 10.1 Å². The molecule has 6 nitrogen and oxygen atoms in total. The van der Waals surface area contributed by atoms with Crippen LogP contribution in [0.1, 0.15) is 71.0 Å². The Labute approximate surface area is 185 Å². The number of esters is 1. The van der Waals surface area contributed by atoms with Crippen molar-refractivity contribution in [2.24, 2.45) is 5.92 Å². The molecule has 2 rings (SSSR count). The van der Waals surface area contributed by atoms with Crippen molar-refractivity contribution >= 4 is 17.3 Å². The van der Waals surface area contributed by atoms with E-state index >= 15 is 0 Å². The van der Waals surface area contributed by atoms with Gasteiger partial charge in [-0.2, -0.15) is 10.4 Å². The maximum absolute atomic E-state index is 12.0. The largest absolute Gasteiger partial charge is 0.451 e. The van der Waals surface area contributed by atoms with Crippen LogP contribution in [0.15, 0.2) is 30.3 Å². The zero-order valence-electron chi connectivity index (χ0n) is 19.8. The maximum Gasteiger partial charge on any atom is 0.311 e. The molecule has 0 aliphatic heterocycles. The molecule has 0 radical (unpaired) electrons. The fourth-order valence-corrected chi connectivity index (χ4v) is 3.09. The minimum atomic E-state index is -0.859. The summed E-state index contributed by atoms with van der Waals surface area (Å²) in [5.41, 5.74) is 3.75. The van der Waals surface area contributed by atoms with Crippen LogP contribution < -0.4 is 0 Å². The molecule has 1 heterocycles. The van der Waals surface area contributed by atoms with Gasteiger partial charge in [0.25, 0.3) is 0 Å². The van der Waals surface area contributed by atoms with Crippen LogP contribution in [0.5, 0.6) is 0 Å². The fourth-order valence-electron chi connectivity index (χ4n) is 3.09. The summed E-state index contributed by atoms with van der Waals surface area (Å²) in [6.45, 7) is 16.1. The van der Waals surface area contributed by atoms with Crippen molar-refractivity contribution in [3.05, 3.63) is 52.8 Å². The highest BCUT2D eigenvalue weighted by Crippen LogP contribution is 2.31. The molecule has 0 amide bonds. The van der Waals surface area contributed by atoms with Gasteiger partial charge in [0.2, 0.25) is 6.29 Å². The van der Waals surface area contributed by atoms with E-state index in [4.69, 9.17) is 9.47 Å². The number of hydrogen-bond acceptors (Lipinski definition) is 5. The minimum Gasteiger partial charge on any atom is -0.451 e. The van der Waals surface area contributed by atoms with Gasteiger partial charge in [0.05, 0.1) is 11.6 Å². The number of nitrogens with zero attached hydrogens (tertiary/aromatic N) is 3. The first-order valence-corrected chi connectivity index (χ1v) is 10.6. The van der Waals surface area contributed by atoms with Crippen LogP contribution in [-0.4, -0.2) is 22.0 Å². The average Bonchev–Trinajstić information content (AvgIpc) is 3.08. The molecule has 0 N–H and O–H groups in total. The predicted octanol–water partition coefficient (Wildman–Crippen LogP) is 5.46. The van der Waals surface area contributed by atoms with Crippen molar-refractivity contribution in [3.63, 3.8) is 0 Å². The number of ether oxygens (including phenoxy) is 2. The Kier molecular flexibility index (Phi) is 7.67. The second-order valence-electron chi connectivity index (χ2n) is 8.91. The van der Waals surface area contributed by atoms with Crippen LogP contribution in [-0.2, 0) is 26.2 Å². The van der Waals surface area contributed by atoms with Crippen LogP contribution in [0.2, 0.25) is 0 Å². The van der Waals surface area contributed by atoms with Gasteiger partial charge in [-0.25, -0.2) is 0 Å². The molecule has 0 aliphatic rings. The van der Waals surface area contributed by atoms with Crippen LogP contribution in [0, 0.1) is 24.2 Å². The zero-order chi connectivity index (χ0) is 23.3. The molecule has 1 atom stereocenters. The zero-order valence-corrected chi connectivity index (χ0v) is 19.8. The molecule has 1 aromatic carbocycles. The lowest BCUT2D eigenvalue weighted by atomic mass is 9.86. The average molecular weight is 424 g/mol. The molecular weight excluding hydrogens is 390 g/mol. The van der Waals surface area contributed by atoms with Gasteiger partial charge in [-0.3, -0.25) is 9.48 Å². The van der Waals surface area contributed by atoms with Gasteiger partial charge >= 0.3 is 5.97 Å². The number of nitriles is 1. The molecule has 0 spiro atoms. The van der Waals surface area contributed by atoms with E-state index in [1.165, 1.54) is 5.56 Å². The number of allylic oxidation sites excluding steroid dienone is 1. The summed E-state index contributed by atoms with van der Waals surface area (Å²) in [6.07, 6.45) is -0.859. The minimum absolute atomic E-state index is 0.00584. The van der Waals surface area contributed by atoms with E-state index in [2.05, 4.69) is 31.9 Å². The van der Waals surface area contributed by atoms with Gasteiger partial charge in [0.1, 0.15) is 17.3 Å². The van der Waals surface area contributed by atoms with Gasteiger partial charge in [-0.05, 0) is 36.5 Å². The molecule has 0 fully saturated rings. The monoisotopic (exact) mass is 423 g/mol. The quantitative estimate of drug-likeness (QED) is 0.256. The molecule has 6 heteroatoms. The van der Waals surface area contributed by atoms with E-state index in [0.29, 0.717) is 23.6 Å². The van der Waals surface area contributed by atoms with Gasteiger partial charge in [0, 0.05) is 13.5 Å². The van der Waals surface area contributed by atoms with Gasteiger partial charge in [0.15, 0.2) is 5.76 Å². The van der Waals surface area contributed by atoms with E-state index in [1.807, 2.05) is 44.2 Å². The molecule has 31 heavy (non-hydrogen) atoms. The molecule has 2 aromatic rings. The Morgan fingerprint density at radius 1 is 1.16 bits per heavy atom. The molecular formula is C25H33N3O3. The molecule has 166 valence electrons. The van der Waals surface area contributed by atoms with Crippen molar-refractivity contribution in [1.29, 1.82) is 5.26 Å². The summed E-state index contributed by atoms with van der Waals surface area (Å²) < 4.78 is 13.3.